The number of ether oxygens (including phenoxy) is 2. The van der Waals surface area contributed by atoms with E-state index in [2.05, 4.69) is 9.82 Å². The molecule has 0 radical (unpaired) electrons. The highest BCUT2D eigenvalue weighted by atomic mass is 32.2. The molecule has 1 aliphatic rings. The Morgan fingerprint density at radius 2 is 2.00 bits per heavy atom. The highest BCUT2D eigenvalue weighted by Crippen LogP contribution is 2.33. The summed E-state index contributed by atoms with van der Waals surface area (Å²) in [5.74, 6) is -0.541. The zero-order chi connectivity index (χ0) is 24.5. The van der Waals surface area contributed by atoms with E-state index in [1.165, 1.54) is 7.11 Å². The van der Waals surface area contributed by atoms with Gasteiger partial charge in [0.25, 0.3) is 15.9 Å². The first-order valence-electron chi connectivity index (χ1n) is 11.1. The molecule has 1 atom stereocenters. The van der Waals surface area contributed by atoms with Crippen LogP contribution in [-0.2, 0) is 26.7 Å². The number of nitrogens with zero attached hydrogens (tertiary/aromatic N) is 2. The van der Waals surface area contributed by atoms with Gasteiger partial charge in [0.1, 0.15) is 10.6 Å². The van der Waals surface area contributed by atoms with Crippen LogP contribution in [0.5, 0.6) is 5.75 Å². The molecule has 1 amide bonds. The van der Waals surface area contributed by atoms with Gasteiger partial charge in [-0.25, -0.2) is 13.1 Å². The van der Waals surface area contributed by atoms with Gasteiger partial charge in [-0.2, -0.15) is 5.10 Å². The van der Waals surface area contributed by atoms with Crippen molar-refractivity contribution in [3.05, 3.63) is 77.1 Å². The molecule has 180 valence electrons. The van der Waals surface area contributed by atoms with Gasteiger partial charge in [-0.1, -0.05) is 32.9 Å². The molecule has 3 aromatic rings. The summed E-state index contributed by atoms with van der Waals surface area (Å²) in [5, 5.41) is 4.24. The first-order valence-corrected chi connectivity index (χ1v) is 12.5. The van der Waals surface area contributed by atoms with E-state index in [0.717, 1.165) is 23.1 Å². The Kier molecular flexibility index (Phi) is 6.51. The van der Waals surface area contributed by atoms with Crippen molar-refractivity contribution in [2.24, 2.45) is 0 Å². The van der Waals surface area contributed by atoms with E-state index in [9.17, 15) is 13.2 Å². The molecule has 1 aromatic heterocycles. The molecule has 0 saturated carbocycles. The quantitative estimate of drug-likeness (QED) is 0.549. The van der Waals surface area contributed by atoms with Crippen molar-refractivity contribution in [1.82, 2.24) is 14.5 Å². The minimum absolute atomic E-state index is 0.0753. The molecule has 4 rings (SSSR count). The molecule has 1 aliphatic heterocycles. The summed E-state index contributed by atoms with van der Waals surface area (Å²) in [6, 6.07) is 12.0. The largest absolute Gasteiger partial charge is 0.495 e. The van der Waals surface area contributed by atoms with E-state index >= 15 is 0 Å². The van der Waals surface area contributed by atoms with E-state index in [1.54, 1.807) is 35.1 Å². The normalized spacial score (nSPS) is 16.1. The SMILES string of the molecule is COc1ccc(C(C)(C)C)cc1S(=O)(=O)NC(=O)c1ccc(Cn2cccn2)c(C2CCO2)c1. The Hall–Kier alpha value is -3.17. The van der Waals surface area contributed by atoms with E-state index in [-0.39, 0.29) is 27.7 Å². The molecule has 1 N–H and O–H groups in total. The van der Waals surface area contributed by atoms with E-state index < -0.39 is 15.9 Å². The monoisotopic (exact) mass is 483 g/mol. The van der Waals surface area contributed by atoms with Crippen LogP contribution in [0.2, 0.25) is 0 Å². The number of hydrogen-bond donors (Lipinski definition) is 1. The van der Waals surface area contributed by atoms with Crippen molar-refractivity contribution in [1.29, 1.82) is 0 Å². The third kappa shape index (κ3) is 5.00. The number of carbonyl (C=O) groups excluding carboxylic acids is 1. The Morgan fingerprint density at radius 3 is 2.59 bits per heavy atom. The average molecular weight is 484 g/mol. The minimum atomic E-state index is -4.18. The summed E-state index contributed by atoms with van der Waals surface area (Å²) in [4.78, 5) is 13.0. The van der Waals surface area contributed by atoms with Crippen LogP contribution in [-0.4, -0.2) is 37.8 Å². The summed E-state index contributed by atoms with van der Waals surface area (Å²) in [6.45, 7) is 7.13. The lowest BCUT2D eigenvalue weighted by molar-refractivity contribution is -0.0532. The lowest BCUT2D eigenvalue weighted by Crippen LogP contribution is -2.31. The van der Waals surface area contributed by atoms with Crippen LogP contribution in [0.4, 0.5) is 0 Å². The van der Waals surface area contributed by atoms with Crippen molar-refractivity contribution in [3.8, 4) is 5.75 Å². The first kappa shape index (κ1) is 24.0. The zero-order valence-corrected chi connectivity index (χ0v) is 20.6. The van der Waals surface area contributed by atoms with Gasteiger partial charge in [0, 0.05) is 24.4 Å². The van der Waals surface area contributed by atoms with E-state index in [1.807, 2.05) is 45.2 Å². The van der Waals surface area contributed by atoms with Crippen molar-refractivity contribution in [3.63, 3.8) is 0 Å². The van der Waals surface area contributed by atoms with Gasteiger partial charge in [0.15, 0.2) is 0 Å². The molecule has 1 saturated heterocycles. The van der Waals surface area contributed by atoms with Gasteiger partial charge in [0.05, 0.1) is 26.4 Å². The topological polar surface area (TPSA) is 99.5 Å². The number of sulfonamides is 1. The number of rotatable bonds is 7. The van der Waals surface area contributed by atoms with Crippen molar-refractivity contribution >= 4 is 15.9 Å². The molecule has 0 aliphatic carbocycles. The number of methoxy groups -OCH3 is 1. The second kappa shape index (κ2) is 9.23. The van der Waals surface area contributed by atoms with Gasteiger partial charge in [-0.15, -0.1) is 0 Å². The van der Waals surface area contributed by atoms with Crippen LogP contribution >= 0.6 is 0 Å². The van der Waals surface area contributed by atoms with Gasteiger partial charge >= 0.3 is 0 Å². The van der Waals surface area contributed by atoms with Gasteiger partial charge in [-0.05, 0) is 52.4 Å². The standard InChI is InChI=1S/C25H29N3O5S/c1-25(2,3)19-8-9-22(32-4)23(15-19)34(30,31)27-24(29)17-6-7-18(16-28-12-5-11-26-28)20(14-17)21-10-13-33-21/h5-9,11-12,14-15,21H,10,13,16H2,1-4H3,(H,27,29). The van der Waals surface area contributed by atoms with Crippen molar-refractivity contribution < 1.29 is 22.7 Å². The molecule has 2 heterocycles. The number of aromatic nitrogens is 2. The molecule has 1 fully saturated rings. The van der Waals surface area contributed by atoms with Crippen LogP contribution in [0.1, 0.15) is 60.3 Å². The summed E-state index contributed by atoms with van der Waals surface area (Å²) >= 11 is 0. The minimum Gasteiger partial charge on any atom is -0.495 e. The summed E-state index contributed by atoms with van der Waals surface area (Å²) < 4.78 is 41.3. The lowest BCUT2D eigenvalue weighted by atomic mass is 9.87. The van der Waals surface area contributed by atoms with Crippen LogP contribution in [0.25, 0.3) is 0 Å². The fourth-order valence-electron chi connectivity index (χ4n) is 3.82. The predicted molar refractivity (Wildman–Crippen MR) is 127 cm³/mol. The average Bonchev–Trinajstić information content (AvgIpc) is 3.25. The summed E-state index contributed by atoms with van der Waals surface area (Å²) in [7, 11) is -2.78. The van der Waals surface area contributed by atoms with Crippen LogP contribution in [0.15, 0.2) is 59.8 Å². The maximum absolute atomic E-state index is 13.2. The number of benzene rings is 2. The summed E-state index contributed by atoms with van der Waals surface area (Å²) in [5.41, 5.74) is 2.60. The smallest absolute Gasteiger partial charge is 0.268 e. The number of hydrogen-bond acceptors (Lipinski definition) is 6. The maximum Gasteiger partial charge on any atom is 0.268 e. The molecule has 2 aromatic carbocycles. The van der Waals surface area contributed by atoms with E-state index in [0.29, 0.717) is 13.2 Å². The Morgan fingerprint density at radius 1 is 1.24 bits per heavy atom. The second-order valence-electron chi connectivity index (χ2n) is 9.32. The molecule has 8 nitrogen and oxygen atoms in total. The molecule has 34 heavy (non-hydrogen) atoms. The summed E-state index contributed by atoms with van der Waals surface area (Å²) in [6.07, 6.45) is 4.28. The molecule has 0 spiro atoms. The lowest BCUT2D eigenvalue weighted by Gasteiger charge is -2.29. The van der Waals surface area contributed by atoms with Crippen LogP contribution in [0.3, 0.4) is 0 Å². The Labute approximate surface area is 199 Å². The maximum atomic E-state index is 13.2. The third-order valence-corrected chi connectivity index (χ3v) is 7.24. The molecular weight excluding hydrogens is 454 g/mol. The number of amides is 1. The van der Waals surface area contributed by atoms with Gasteiger partial charge in [0.2, 0.25) is 0 Å². The fraction of sp³-hybridized carbons (Fsp3) is 0.360. The zero-order valence-electron chi connectivity index (χ0n) is 19.7. The van der Waals surface area contributed by atoms with Crippen molar-refractivity contribution in [2.45, 2.75) is 50.2 Å². The van der Waals surface area contributed by atoms with Gasteiger partial charge < -0.3 is 9.47 Å². The van der Waals surface area contributed by atoms with Crippen LogP contribution < -0.4 is 9.46 Å². The van der Waals surface area contributed by atoms with Gasteiger partial charge in [-0.3, -0.25) is 9.48 Å². The number of carbonyl (C=O) groups is 1. The molecular formula is C25H29N3O5S. The molecule has 9 heteroatoms. The Balaban J connectivity index is 1.63. The van der Waals surface area contributed by atoms with E-state index in [4.69, 9.17) is 9.47 Å². The highest BCUT2D eigenvalue weighted by Gasteiger charge is 2.28. The second-order valence-corrected chi connectivity index (χ2v) is 11.0. The third-order valence-electron chi connectivity index (χ3n) is 5.89. The number of nitrogens with one attached hydrogen (secondary N) is 1. The Bertz CT molecular complexity index is 1290. The molecule has 0 bridgehead atoms. The first-order chi connectivity index (χ1) is 16.1. The van der Waals surface area contributed by atoms with Crippen LogP contribution in [0, 0.1) is 0 Å². The highest BCUT2D eigenvalue weighted by molar-refractivity contribution is 7.90. The van der Waals surface area contributed by atoms with Crippen molar-refractivity contribution in [2.75, 3.05) is 13.7 Å². The molecule has 1 unspecified atom stereocenters. The predicted octanol–water partition coefficient (Wildman–Crippen LogP) is 3.82. The fourth-order valence-corrected chi connectivity index (χ4v) is 4.99.